The van der Waals surface area contributed by atoms with Crippen LogP contribution in [0.2, 0.25) is 0 Å². The lowest BCUT2D eigenvalue weighted by Gasteiger charge is -2.35. The number of nitrogens with two attached hydrogens (primary N) is 1. The van der Waals surface area contributed by atoms with E-state index in [1.54, 1.807) is 0 Å². The van der Waals surface area contributed by atoms with Crippen molar-refractivity contribution in [3.8, 4) is 0 Å². The fourth-order valence-electron chi connectivity index (χ4n) is 2.19. The Morgan fingerprint density at radius 1 is 1.24 bits per heavy atom. The maximum absolute atomic E-state index is 11.9. The average Bonchev–Trinajstić information content (AvgIpc) is 2.28. The molecule has 1 rings (SSSR count). The van der Waals surface area contributed by atoms with Crippen molar-refractivity contribution in [1.29, 1.82) is 0 Å². The van der Waals surface area contributed by atoms with Gasteiger partial charge in [-0.15, -0.1) is 0 Å². The molecule has 0 aromatic rings. The van der Waals surface area contributed by atoms with E-state index in [9.17, 15) is 4.79 Å². The molecule has 0 radical (unpaired) electrons. The van der Waals surface area contributed by atoms with Crippen LogP contribution < -0.4 is 5.73 Å². The maximum atomic E-state index is 11.9. The monoisotopic (exact) mass is 241 g/mol. The summed E-state index contributed by atoms with van der Waals surface area (Å²) < 4.78 is 0. The van der Waals surface area contributed by atoms with Gasteiger partial charge in [-0.1, -0.05) is 20.8 Å². The minimum Gasteiger partial charge on any atom is -0.340 e. The standard InChI is InChI=1S/C13H27N3O/c1-4-12(14)9-13(17)16-7-5-15(6-8-16)10-11(2)3/h11-12H,4-10,14H2,1-3H3. The summed E-state index contributed by atoms with van der Waals surface area (Å²) >= 11 is 0. The summed E-state index contributed by atoms with van der Waals surface area (Å²) in [6, 6.07) is 0.0243. The van der Waals surface area contributed by atoms with E-state index in [-0.39, 0.29) is 11.9 Å². The normalized spacial score (nSPS) is 19.7. The molecule has 0 aliphatic carbocycles. The third-order valence-electron chi connectivity index (χ3n) is 3.31. The molecule has 100 valence electrons. The van der Waals surface area contributed by atoms with Gasteiger partial charge in [0.15, 0.2) is 0 Å². The van der Waals surface area contributed by atoms with E-state index in [1.807, 2.05) is 11.8 Å². The quantitative estimate of drug-likeness (QED) is 0.778. The molecule has 1 amide bonds. The lowest BCUT2D eigenvalue weighted by Crippen LogP contribution is -2.50. The number of amides is 1. The third kappa shape index (κ3) is 5.04. The van der Waals surface area contributed by atoms with E-state index < -0.39 is 0 Å². The summed E-state index contributed by atoms with van der Waals surface area (Å²) in [7, 11) is 0. The summed E-state index contributed by atoms with van der Waals surface area (Å²) in [6.07, 6.45) is 1.37. The van der Waals surface area contributed by atoms with Gasteiger partial charge in [-0.3, -0.25) is 9.69 Å². The molecule has 0 aromatic heterocycles. The molecular formula is C13H27N3O. The molecule has 1 fully saturated rings. The summed E-state index contributed by atoms with van der Waals surface area (Å²) in [6.45, 7) is 11.4. The molecule has 4 heteroatoms. The predicted octanol–water partition coefficient (Wildman–Crippen LogP) is 0.914. The van der Waals surface area contributed by atoms with Gasteiger partial charge >= 0.3 is 0 Å². The molecule has 1 aliphatic heterocycles. The Labute approximate surface area is 105 Å². The van der Waals surface area contributed by atoms with Gasteiger partial charge in [0.1, 0.15) is 0 Å². The average molecular weight is 241 g/mol. The summed E-state index contributed by atoms with van der Waals surface area (Å²) in [5, 5.41) is 0. The van der Waals surface area contributed by atoms with Crippen molar-refractivity contribution in [2.75, 3.05) is 32.7 Å². The largest absolute Gasteiger partial charge is 0.340 e. The van der Waals surface area contributed by atoms with Gasteiger partial charge in [-0.2, -0.15) is 0 Å². The first kappa shape index (κ1) is 14.5. The van der Waals surface area contributed by atoms with E-state index in [0.29, 0.717) is 12.3 Å². The lowest BCUT2D eigenvalue weighted by molar-refractivity contribution is -0.133. The zero-order valence-electron chi connectivity index (χ0n) is 11.5. The molecule has 17 heavy (non-hydrogen) atoms. The van der Waals surface area contributed by atoms with Gasteiger partial charge < -0.3 is 10.6 Å². The second-order valence-electron chi connectivity index (χ2n) is 5.45. The van der Waals surface area contributed by atoms with Crippen LogP contribution in [0.3, 0.4) is 0 Å². The predicted molar refractivity (Wildman–Crippen MR) is 70.7 cm³/mol. The van der Waals surface area contributed by atoms with Crippen molar-refractivity contribution in [3.63, 3.8) is 0 Å². The maximum Gasteiger partial charge on any atom is 0.224 e. The number of hydrogen-bond acceptors (Lipinski definition) is 3. The summed E-state index contributed by atoms with van der Waals surface area (Å²) in [5.74, 6) is 0.925. The molecule has 1 atom stereocenters. The second kappa shape index (κ2) is 6.97. The Bertz CT molecular complexity index is 235. The van der Waals surface area contributed by atoms with E-state index >= 15 is 0 Å². The highest BCUT2D eigenvalue weighted by Crippen LogP contribution is 2.07. The highest BCUT2D eigenvalue weighted by atomic mass is 16.2. The van der Waals surface area contributed by atoms with Crippen LogP contribution in [-0.4, -0.2) is 54.5 Å². The molecule has 2 N–H and O–H groups in total. The van der Waals surface area contributed by atoms with Gasteiger partial charge in [0, 0.05) is 45.2 Å². The fraction of sp³-hybridized carbons (Fsp3) is 0.923. The van der Waals surface area contributed by atoms with Gasteiger partial charge in [-0.25, -0.2) is 0 Å². The van der Waals surface area contributed by atoms with Crippen LogP contribution in [0.15, 0.2) is 0 Å². The van der Waals surface area contributed by atoms with Crippen LogP contribution in [0.25, 0.3) is 0 Å². The van der Waals surface area contributed by atoms with Crippen molar-refractivity contribution in [1.82, 2.24) is 9.80 Å². The minimum atomic E-state index is 0.0243. The molecule has 4 nitrogen and oxygen atoms in total. The summed E-state index contributed by atoms with van der Waals surface area (Å²) in [4.78, 5) is 16.3. The van der Waals surface area contributed by atoms with Gasteiger partial charge in [0.2, 0.25) is 5.91 Å². The van der Waals surface area contributed by atoms with Crippen molar-refractivity contribution >= 4 is 5.91 Å². The van der Waals surface area contributed by atoms with Crippen LogP contribution >= 0.6 is 0 Å². The Hall–Kier alpha value is -0.610. The first-order valence-electron chi connectivity index (χ1n) is 6.78. The number of nitrogens with zero attached hydrogens (tertiary/aromatic N) is 2. The Balaban J connectivity index is 2.28. The van der Waals surface area contributed by atoms with Crippen LogP contribution in [0.1, 0.15) is 33.6 Å². The number of piperazine rings is 1. The summed E-state index contributed by atoms with van der Waals surface area (Å²) in [5.41, 5.74) is 5.82. The molecule has 1 heterocycles. The Kier molecular flexibility index (Phi) is 5.92. The number of hydrogen-bond donors (Lipinski definition) is 1. The molecule has 0 spiro atoms. The van der Waals surface area contributed by atoms with Crippen molar-refractivity contribution < 1.29 is 4.79 Å². The molecule has 1 saturated heterocycles. The van der Waals surface area contributed by atoms with Gasteiger partial charge in [-0.05, 0) is 12.3 Å². The topological polar surface area (TPSA) is 49.6 Å². The second-order valence-corrected chi connectivity index (χ2v) is 5.45. The molecule has 1 unspecified atom stereocenters. The molecule has 0 aromatic carbocycles. The molecule has 0 saturated carbocycles. The fourth-order valence-corrected chi connectivity index (χ4v) is 2.19. The molecular weight excluding hydrogens is 214 g/mol. The Morgan fingerprint density at radius 3 is 2.29 bits per heavy atom. The third-order valence-corrected chi connectivity index (χ3v) is 3.31. The van der Waals surface area contributed by atoms with E-state index in [0.717, 1.165) is 39.1 Å². The zero-order chi connectivity index (χ0) is 12.8. The van der Waals surface area contributed by atoms with Gasteiger partial charge in [0.25, 0.3) is 0 Å². The smallest absolute Gasteiger partial charge is 0.224 e. The molecule has 0 bridgehead atoms. The Morgan fingerprint density at radius 2 is 1.82 bits per heavy atom. The SMILES string of the molecule is CCC(N)CC(=O)N1CCN(CC(C)C)CC1. The van der Waals surface area contributed by atoms with Crippen LogP contribution in [0.5, 0.6) is 0 Å². The highest BCUT2D eigenvalue weighted by molar-refractivity contribution is 5.76. The number of carbonyl (C=O) groups is 1. The first-order chi connectivity index (χ1) is 8.02. The highest BCUT2D eigenvalue weighted by Gasteiger charge is 2.22. The lowest BCUT2D eigenvalue weighted by atomic mass is 10.1. The first-order valence-corrected chi connectivity index (χ1v) is 6.78. The van der Waals surface area contributed by atoms with Crippen molar-refractivity contribution in [3.05, 3.63) is 0 Å². The van der Waals surface area contributed by atoms with E-state index in [2.05, 4.69) is 18.7 Å². The van der Waals surface area contributed by atoms with Crippen LogP contribution in [0.4, 0.5) is 0 Å². The van der Waals surface area contributed by atoms with E-state index in [1.165, 1.54) is 0 Å². The van der Waals surface area contributed by atoms with Crippen LogP contribution in [-0.2, 0) is 4.79 Å². The minimum absolute atomic E-state index is 0.0243. The van der Waals surface area contributed by atoms with Gasteiger partial charge in [0.05, 0.1) is 0 Å². The van der Waals surface area contributed by atoms with E-state index in [4.69, 9.17) is 5.73 Å². The number of carbonyl (C=O) groups excluding carboxylic acids is 1. The van der Waals surface area contributed by atoms with Crippen LogP contribution in [0, 0.1) is 5.92 Å². The zero-order valence-corrected chi connectivity index (χ0v) is 11.5. The number of rotatable bonds is 5. The van der Waals surface area contributed by atoms with Crippen molar-refractivity contribution in [2.45, 2.75) is 39.7 Å². The molecule has 1 aliphatic rings. The van der Waals surface area contributed by atoms with Crippen molar-refractivity contribution in [2.24, 2.45) is 11.7 Å².